The van der Waals surface area contributed by atoms with Gasteiger partial charge in [0.1, 0.15) is 11.4 Å². The van der Waals surface area contributed by atoms with Crippen molar-refractivity contribution in [2.75, 3.05) is 7.11 Å². The highest BCUT2D eigenvalue weighted by Crippen LogP contribution is 2.41. The third kappa shape index (κ3) is 4.75. The van der Waals surface area contributed by atoms with Crippen LogP contribution in [-0.4, -0.2) is 36.2 Å². The summed E-state index contributed by atoms with van der Waals surface area (Å²) in [4.78, 5) is 20.2. The minimum atomic E-state index is -4.79. The Labute approximate surface area is 173 Å². The molecule has 2 heterocycles. The Morgan fingerprint density at radius 2 is 2.03 bits per heavy atom. The lowest BCUT2D eigenvalue weighted by Crippen LogP contribution is -2.46. The van der Waals surface area contributed by atoms with Crippen molar-refractivity contribution in [2.24, 2.45) is 10.7 Å². The normalized spacial score (nSPS) is 21.3. The molecule has 1 aliphatic heterocycles. The van der Waals surface area contributed by atoms with E-state index in [0.29, 0.717) is 5.75 Å². The Balaban J connectivity index is 1.95. The van der Waals surface area contributed by atoms with Crippen LogP contribution in [0.1, 0.15) is 35.0 Å². The number of hydrogen-bond acceptors (Lipinski definition) is 6. The average Bonchev–Trinajstić information content (AvgIpc) is 2.69. The number of halogens is 5. The van der Waals surface area contributed by atoms with Crippen LogP contribution in [0.3, 0.4) is 0 Å². The molecule has 166 valence electrons. The van der Waals surface area contributed by atoms with Gasteiger partial charge in [-0.15, -0.1) is 0 Å². The first kappa shape index (κ1) is 22.4. The quantitative estimate of drug-likeness (QED) is 0.563. The number of methoxy groups -OCH3 is 1. The molecule has 1 aromatic heterocycles. The van der Waals surface area contributed by atoms with Crippen molar-refractivity contribution in [1.82, 2.24) is 4.98 Å². The van der Waals surface area contributed by atoms with E-state index in [1.54, 1.807) is 0 Å². The Bertz CT molecular complexity index is 1020. The number of hydrogen-bond donors (Lipinski definition) is 1. The maximum absolute atomic E-state index is 14.6. The number of Topliss-reactive ketones (excluding diaryl/α,β-unsaturated/α-hetero) is 1. The number of aliphatic imine (C=N–C) groups is 1. The van der Waals surface area contributed by atoms with E-state index in [1.807, 2.05) is 0 Å². The number of ketones is 1. The number of nitrogens with zero attached hydrogens (tertiary/aromatic N) is 2. The van der Waals surface area contributed by atoms with E-state index < -0.39 is 53.2 Å². The van der Waals surface area contributed by atoms with Gasteiger partial charge in [0, 0.05) is 18.4 Å². The zero-order valence-electron chi connectivity index (χ0n) is 16.5. The topological polar surface area (TPSA) is 86.8 Å². The summed E-state index contributed by atoms with van der Waals surface area (Å²) in [5, 5.41) is 0. The Morgan fingerprint density at radius 1 is 1.32 bits per heavy atom. The van der Waals surface area contributed by atoms with Gasteiger partial charge >= 0.3 is 6.18 Å². The average molecular weight is 443 g/mol. The van der Waals surface area contributed by atoms with Crippen LogP contribution >= 0.6 is 0 Å². The smallest absolute Gasteiger partial charge is 0.425 e. The van der Waals surface area contributed by atoms with Gasteiger partial charge in [-0.3, -0.25) is 4.79 Å². The van der Waals surface area contributed by atoms with E-state index in [2.05, 4.69) is 14.7 Å². The predicted molar refractivity (Wildman–Crippen MR) is 99.7 cm³/mol. The number of nitrogens with two attached hydrogens (primary N) is 1. The van der Waals surface area contributed by atoms with Crippen LogP contribution in [0.15, 0.2) is 35.5 Å². The summed E-state index contributed by atoms with van der Waals surface area (Å²) >= 11 is 0. The summed E-state index contributed by atoms with van der Waals surface area (Å²) in [6.45, 7) is 1.19. The first-order valence-corrected chi connectivity index (χ1v) is 9.03. The Kier molecular flexibility index (Phi) is 5.88. The number of ether oxygens (including phenoxy) is 2. The maximum atomic E-state index is 14.6. The van der Waals surface area contributed by atoms with Crippen molar-refractivity contribution in [3.8, 4) is 5.75 Å². The SMILES string of the molecule is COc1ccc(C(=O)Cc2cc(F)c(F)c([C@]3(C)C[C@@H](C(F)(F)F)OC(N)=N3)c2)nc1. The molecule has 0 amide bonds. The highest BCUT2D eigenvalue weighted by Gasteiger charge is 2.50. The summed E-state index contributed by atoms with van der Waals surface area (Å²) in [5.74, 6) is -2.78. The van der Waals surface area contributed by atoms with Crippen molar-refractivity contribution in [3.05, 3.63) is 58.9 Å². The molecule has 2 N–H and O–H groups in total. The molecule has 1 aliphatic rings. The predicted octanol–water partition coefficient (Wildman–Crippen LogP) is 3.67. The van der Waals surface area contributed by atoms with Gasteiger partial charge in [-0.2, -0.15) is 13.2 Å². The van der Waals surface area contributed by atoms with E-state index in [0.717, 1.165) is 12.1 Å². The summed E-state index contributed by atoms with van der Waals surface area (Å²) in [6.07, 6.45) is -6.99. The van der Waals surface area contributed by atoms with Gasteiger partial charge < -0.3 is 15.2 Å². The molecule has 2 aromatic rings. The second-order valence-electron chi connectivity index (χ2n) is 7.20. The molecule has 2 atom stereocenters. The van der Waals surface area contributed by atoms with Crippen LogP contribution in [0.4, 0.5) is 22.0 Å². The van der Waals surface area contributed by atoms with E-state index in [9.17, 15) is 26.7 Å². The molecule has 0 unspecified atom stereocenters. The number of pyridine rings is 1. The zero-order valence-corrected chi connectivity index (χ0v) is 16.5. The summed E-state index contributed by atoms with van der Waals surface area (Å²) in [7, 11) is 1.43. The second-order valence-corrected chi connectivity index (χ2v) is 7.20. The highest BCUT2D eigenvalue weighted by molar-refractivity contribution is 5.95. The molecular weight excluding hydrogens is 425 g/mol. The van der Waals surface area contributed by atoms with Crippen LogP contribution in [0.5, 0.6) is 5.75 Å². The molecule has 0 saturated heterocycles. The summed E-state index contributed by atoms with van der Waals surface area (Å²) in [6, 6.07) is 4.03. The van der Waals surface area contributed by atoms with Gasteiger partial charge in [-0.05, 0) is 36.8 Å². The number of aromatic nitrogens is 1. The fourth-order valence-electron chi connectivity index (χ4n) is 3.30. The minimum Gasteiger partial charge on any atom is -0.495 e. The van der Waals surface area contributed by atoms with Crippen LogP contribution in [0.2, 0.25) is 0 Å². The van der Waals surface area contributed by atoms with Crippen molar-refractivity contribution in [3.63, 3.8) is 0 Å². The van der Waals surface area contributed by atoms with Gasteiger partial charge in [0.2, 0.25) is 0 Å². The Morgan fingerprint density at radius 3 is 2.61 bits per heavy atom. The number of amidine groups is 1. The van der Waals surface area contributed by atoms with Crippen molar-refractivity contribution in [1.29, 1.82) is 0 Å². The summed E-state index contributed by atoms with van der Waals surface area (Å²) in [5.41, 5.74) is 3.17. The van der Waals surface area contributed by atoms with Crippen LogP contribution < -0.4 is 10.5 Å². The van der Waals surface area contributed by atoms with Crippen molar-refractivity contribution < 1.29 is 36.2 Å². The lowest BCUT2D eigenvalue weighted by atomic mass is 9.84. The Hall–Kier alpha value is -3.24. The van der Waals surface area contributed by atoms with Crippen molar-refractivity contribution >= 4 is 11.8 Å². The van der Waals surface area contributed by atoms with Gasteiger partial charge in [-0.1, -0.05) is 0 Å². The largest absolute Gasteiger partial charge is 0.495 e. The number of alkyl halides is 3. The number of carbonyl (C=O) groups excluding carboxylic acids is 1. The third-order valence-corrected chi connectivity index (χ3v) is 4.86. The van der Waals surface area contributed by atoms with Gasteiger partial charge in [-0.25, -0.2) is 18.8 Å². The maximum Gasteiger partial charge on any atom is 0.425 e. The summed E-state index contributed by atoms with van der Waals surface area (Å²) < 4.78 is 77.9. The molecule has 0 fully saturated rings. The van der Waals surface area contributed by atoms with E-state index in [-0.39, 0.29) is 17.7 Å². The van der Waals surface area contributed by atoms with Gasteiger partial charge in [0.05, 0.1) is 18.8 Å². The molecule has 31 heavy (non-hydrogen) atoms. The molecule has 11 heteroatoms. The molecule has 1 aromatic carbocycles. The first-order chi connectivity index (χ1) is 14.4. The fraction of sp³-hybridized carbons (Fsp3) is 0.350. The monoisotopic (exact) mass is 443 g/mol. The molecular formula is C20H18F5N3O3. The van der Waals surface area contributed by atoms with Crippen LogP contribution in [0.25, 0.3) is 0 Å². The van der Waals surface area contributed by atoms with E-state index in [4.69, 9.17) is 10.5 Å². The van der Waals surface area contributed by atoms with E-state index >= 15 is 0 Å². The lowest BCUT2D eigenvalue weighted by Gasteiger charge is -2.36. The van der Waals surface area contributed by atoms with Crippen molar-refractivity contribution in [2.45, 2.75) is 37.6 Å². The molecule has 6 nitrogen and oxygen atoms in total. The second kappa shape index (κ2) is 8.12. The van der Waals surface area contributed by atoms with Crippen LogP contribution in [-0.2, 0) is 16.7 Å². The third-order valence-electron chi connectivity index (χ3n) is 4.86. The number of rotatable bonds is 5. The first-order valence-electron chi connectivity index (χ1n) is 9.03. The molecule has 0 aliphatic carbocycles. The number of carbonyl (C=O) groups is 1. The number of benzene rings is 1. The minimum absolute atomic E-state index is 0.0431. The lowest BCUT2D eigenvalue weighted by molar-refractivity contribution is -0.208. The van der Waals surface area contributed by atoms with Gasteiger partial charge in [0.25, 0.3) is 6.02 Å². The molecule has 0 spiro atoms. The standard InChI is InChI=1S/C20H18F5N3O3/c1-19(8-16(20(23,24)25)31-18(26)28-19)12-5-10(6-13(21)17(12)22)7-15(29)14-4-3-11(30-2)9-27-14/h3-6,9,16H,7-8H2,1-2H3,(H2,26,28)/t16-,19-/m0/s1. The fourth-order valence-corrected chi connectivity index (χ4v) is 3.30. The zero-order chi connectivity index (χ0) is 23.0. The molecule has 0 bridgehead atoms. The molecule has 0 saturated carbocycles. The molecule has 3 rings (SSSR count). The molecule has 0 radical (unpaired) electrons. The van der Waals surface area contributed by atoms with Crippen LogP contribution in [0, 0.1) is 11.6 Å². The highest BCUT2D eigenvalue weighted by atomic mass is 19.4. The van der Waals surface area contributed by atoms with E-state index in [1.165, 1.54) is 32.4 Å². The van der Waals surface area contributed by atoms with Gasteiger partial charge in [0.15, 0.2) is 23.5 Å².